The Labute approximate surface area is 120 Å². The Hall–Kier alpha value is -0.860. The zero-order chi connectivity index (χ0) is 15.2. The van der Waals surface area contributed by atoms with E-state index in [0.29, 0.717) is 0 Å². The molecule has 1 aliphatic carbocycles. The highest BCUT2D eigenvalue weighted by Crippen LogP contribution is 2.24. The highest BCUT2D eigenvalue weighted by atomic mass is 32.2. The first kappa shape index (κ1) is 17.2. The van der Waals surface area contributed by atoms with Crippen molar-refractivity contribution in [2.45, 2.75) is 64.0 Å². The van der Waals surface area contributed by atoms with E-state index in [1.54, 1.807) is 18.6 Å². The fourth-order valence-corrected chi connectivity index (χ4v) is 3.05. The van der Waals surface area contributed by atoms with Crippen LogP contribution in [0, 0.1) is 0 Å². The van der Waals surface area contributed by atoms with Gasteiger partial charge in [-0.25, -0.2) is 9.52 Å². The zero-order valence-corrected chi connectivity index (χ0v) is 13.0. The van der Waals surface area contributed by atoms with Crippen molar-refractivity contribution in [3.63, 3.8) is 0 Å². The second-order valence-corrected chi connectivity index (χ2v) is 7.16. The molecule has 0 unspecified atom stereocenters. The van der Waals surface area contributed by atoms with Crippen LogP contribution in [0.25, 0.3) is 0 Å². The summed E-state index contributed by atoms with van der Waals surface area (Å²) >= 11 is 0. The molecule has 1 saturated carbocycles. The van der Waals surface area contributed by atoms with Gasteiger partial charge in [-0.2, -0.15) is 13.1 Å². The van der Waals surface area contributed by atoms with Crippen LogP contribution in [0.2, 0.25) is 0 Å². The van der Waals surface area contributed by atoms with Crippen molar-refractivity contribution in [2.75, 3.05) is 6.54 Å². The fraction of sp³-hybridized carbons (Fsp3) is 0.917. The van der Waals surface area contributed by atoms with Crippen LogP contribution in [0.4, 0.5) is 4.79 Å². The van der Waals surface area contributed by atoms with E-state index >= 15 is 0 Å². The second kappa shape index (κ2) is 7.24. The molecule has 0 aliphatic heterocycles. The lowest BCUT2D eigenvalue weighted by atomic mass is 9.92. The van der Waals surface area contributed by atoms with Crippen molar-refractivity contribution in [2.24, 2.45) is 5.73 Å². The Morgan fingerprint density at radius 3 is 2.30 bits per heavy atom. The van der Waals surface area contributed by atoms with Crippen molar-refractivity contribution in [3.8, 4) is 0 Å². The molecule has 1 fully saturated rings. The molecule has 118 valence electrons. The van der Waals surface area contributed by atoms with Crippen LogP contribution in [-0.2, 0) is 14.9 Å². The number of carbonyl (C=O) groups is 1. The maximum atomic E-state index is 11.7. The summed E-state index contributed by atoms with van der Waals surface area (Å²) in [5, 5.41) is 0. The van der Waals surface area contributed by atoms with Crippen molar-refractivity contribution < 1.29 is 17.9 Å². The van der Waals surface area contributed by atoms with E-state index in [9.17, 15) is 13.2 Å². The first-order valence-electron chi connectivity index (χ1n) is 6.99. The monoisotopic (exact) mass is 307 g/mol. The lowest BCUT2D eigenvalue weighted by molar-refractivity contribution is 0.121. The molecule has 0 bridgehead atoms. The van der Waals surface area contributed by atoms with Crippen LogP contribution in [0.15, 0.2) is 0 Å². The molecular weight excluding hydrogens is 282 g/mol. The van der Waals surface area contributed by atoms with Gasteiger partial charge in [0.25, 0.3) is 0 Å². The first-order chi connectivity index (χ1) is 9.22. The fourth-order valence-electron chi connectivity index (χ4n) is 2.23. The maximum absolute atomic E-state index is 11.7. The topological polar surface area (TPSA) is 111 Å². The van der Waals surface area contributed by atoms with Crippen LogP contribution in [-0.4, -0.2) is 32.7 Å². The Kier molecular flexibility index (Phi) is 6.22. The molecule has 1 aliphatic rings. The van der Waals surface area contributed by atoms with Crippen molar-refractivity contribution in [3.05, 3.63) is 0 Å². The van der Waals surface area contributed by atoms with Crippen molar-refractivity contribution in [1.29, 1.82) is 0 Å². The van der Waals surface area contributed by atoms with Gasteiger partial charge in [-0.1, -0.05) is 25.7 Å². The lowest BCUT2D eigenvalue weighted by Gasteiger charge is -2.28. The summed E-state index contributed by atoms with van der Waals surface area (Å²) in [5.74, 6) is 0. The molecule has 0 radical (unpaired) electrons. The highest BCUT2D eigenvalue weighted by Gasteiger charge is 2.28. The predicted octanol–water partition coefficient (Wildman–Crippen LogP) is 1.01. The van der Waals surface area contributed by atoms with Crippen LogP contribution in [0.1, 0.15) is 52.4 Å². The summed E-state index contributed by atoms with van der Waals surface area (Å²) in [6.07, 6.45) is 4.46. The van der Waals surface area contributed by atoms with Crippen molar-refractivity contribution in [1.82, 2.24) is 9.44 Å². The maximum Gasteiger partial charge on any atom is 0.422 e. The molecule has 7 nitrogen and oxygen atoms in total. The van der Waals surface area contributed by atoms with Crippen LogP contribution in [0.5, 0.6) is 0 Å². The SMILES string of the molecule is CC(C)OC(=O)NS(=O)(=O)NCC1(N)CCCCCC1. The largest absolute Gasteiger partial charge is 0.446 e. The highest BCUT2D eigenvalue weighted by molar-refractivity contribution is 7.88. The van der Waals surface area contributed by atoms with Gasteiger partial charge in [0.05, 0.1) is 6.10 Å². The number of hydrogen-bond donors (Lipinski definition) is 3. The summed E-state index contributed by atoms with van der Waals surface area (Å²) in [5.41, 5.74) is 5.67. The third-order valence-electron chi connectivity index (χ3n) is 3.27. The summed E-state index contributed by atoms with van der Waals surface area (Å²) in [6, 6.07) is 0. The molecule has 0 aromatic heterocycles. The predicted molar refractivity (Wildman–Crippen MR) is 76.3 cm³/mol. The summed E-state index contributed by atoms with van der Waals surface area (Å²) in [6.45, 7) is 3.40. The third kappa shape index (κ3) is 6.53. The van der Waals surface area contributed by atoms with E-state index < -0.39 is 21.8 Å². The summed E-state index contributed by atoms with van der Waals surface area (Å²) < 4.78 is 32.3. The van der Waals surface area contributed by atoms with Gasteiger partial charge >= 0.3 is 16.3 Å². The zero-order valence-electron chi connectivity index (χ0n) is 12.1. The van der Waals surface area contributed by atoms with E-state index in [4.69, 9.17) is 10.5 Å². The summed E-state index contributed by atoms with van der Waals surface area (Å²) in [4.78, 5) is 11.3. The third-order valence-corrected chi connectivity index (χ3v) is 4.23. The first-order valence-corrected chi connectivity index (χ1v) is 8.48. The van der Waals surface area contributed by atoms with Gasteiger partial charge in [-0.15, -0.1) is 0 Å². The summed E-state index contributed by atoms with van der Waals surface area (Å²) in [7, 11) is -3.93. The number of rotatable bonds is 5. The number of nitrogens with two attached hydrogens (primary N) is 1. The molecule has 0 saturated heterocycles. The minimum absolute atomic E-state index is 0.122. The standard InChI is InChI=1S/C12H25N3O4S/c1-10(2)19-11(16)15-20(17,18)14-9-12(13)7-5-3-4-6-8-12/h10,14H,3-9,13H2,1-2H3,(H,15,16). The van der Waals surface area contributed by atoms with Crippen LogP contribution < -0.4 is 15.2 Å². The Morgan fingerprint density at radius 1 is 1.25 bits per heavy atom. The van der Waals surface area contributed by atoms with Gasteiger partial charge in [0.2, 0.25) is 0 Å². The Morgan fingerprint density at radius 2 is 1.80 bits per heavy atom. The van der Waals surface area contributed by atoms with E-state index in [1.807, 2.05) is 0 Å². The molecule has 20 heavy (non-hydrogen) atoms. The minimum atomic E-state index is -3.93. The smallest absolute Gasteiger partial charge is 0.422 e. The number of ether oxygens (including phenoxy) is 1. The average Bonchev–Trinajstić information content (AvgIpc) is 2.51. The second-order valence-electron chi connectivity index (χ2n) is 5.66. The van der Waals surface area contributed by atoms with Gasteiger partial charge in [0, 0.05) is 12.1 Å². The molecule has 1 amide bonds. The molecule has 0 heterocycles. The Bertz CT molecular complexity index is 414. The minimum Gasteiger partial charge on any atom is -0.446 e. The lowest BCUT2D eigenvalue weighted by Crippen LogP contribution is -2.52. The van der Waals surface area contributed by atoms with Gasteiger partial charge < -0.3 is 10.5 Å². The molecule has 8 heteroatoms. The van der Waals surface area contributed by atoms with E-state index in [2.05, 4.69) is 4.72 Å². The molecule has 0 spiro atoms. The number of hydrogen-bond acceptors (Lipinski definition) is 5. The number of nitrogens with one attached hydrogen (secondary N) is 2. The molecule has 0 aromatic carbocycles. The van der Waals surface area contributed by atoms with Gasteiger partial charge in [-0.3, -0.25) is 0 Å². The molecule has 1 rings (SSSR count). The number of carbonyl (C=O) groups excluding carboxylic acids is 1. The molecule has 4 N–H and O–H groups in total. The normalized spacial score (nSPS) is 19.4. The molecule has 0 aromatic rings. The van der Waals surface area contributed by atoms with Gasteiger partial charge in [-0.05, 0) is 26.7 Å². The van der Waals surface area contributed by atoms with Crippen molar-refractivity contribution >= 4 is 16.3 Å². The van der Waals surface area contributed by atoms with Gasteiger partial charge in [0.1, 0.15) is 0 Å². The Balaban J connectivity index is 2.47. The quantitative estimate of drug-likeness (QED) is 0.656. The molecular formula is C12H25N3O4S. The average molecular weight is 307 g/mol. The molecule has 0 atom stereocenters. The van der Waals surface area contributed by atoms with Crippen LogP contribution >= 0.6 is 0 Å². The van der Waals surface area contributed by atoms with E-state index in [0.717, 1.165) is 38.5 Å². The van der Waals surface area contributed by atoms with E-state index in [-0.39, 0.29) is 12.6 Å². The van der Waals surface area contributed by atoms with Crippen LogP contribution in [0.3, 0.4) is 0 Å². The van der Waals surface area contributed by atoms with Gasteiger partial charge in [0.15, 0.2) is 0 Å². The van der Waals surface area contributed by atoms with E-state index in [1.165, 1.54) is 0 Å². The number of amides is 1.